The Bertz CT molecular complexity index is 823. The van der Waals surface area contributed by atoms with Gasteiger partial charge in [0.25, 0.3) is 5.91 Å². The lowest BCUT2D eigenvalue weighted by atomic mass is 10.1. The highest BCUT2D eigenvalue weighted by atomic mass is 19.4. The van der Waals surface area contributed by atoms with Gasteiger partial charge in [-0.25, -0.2) is 4.98 Å². The summed E-state index contributed by atoms with van der Waals surface area (Å²) < 4.78 is 44.2. The number of carbonyl (C=O) groups is 1. The zero-order chi connectivity index (χ0) is 20.7. The van der Waals surface area contributed by atoms with Gasteiger partial charge in [0.05, 0.1) is 18.8 Å². The van der Waals surface area contributed by atoms with E-state index in [4.69, 9.17) is 4.74 Å². The Morgan fingerprint density at radius 2 is 1.93 bits per heavy atom. The van der Waals surface area contributed by atoms with Gasteiger partial charge in [0.15, 0.2) is 0 Å². The minimum atomic E-state index is -4.49. The molecule has 0 aliphatic carbocycles. The van der Waals surface area contributed by atoms with Crippen molar-refractivity contribution in [3.63, 3.8) is 0 Å². The molecule has 1 saturated heterocycles. The SMILES string of the molecule is O=C(NCCNc1ncccc1C(F)(F)F)c1cccc(CN2CCOCC2)c1. The average Bonchev–Trinajstić information content (AvgIpc) is 2.71. The van der Waals surface area contributed by atoms with E-state index in [-0.39, 0.29) is 24.8 Å². The van der Waals surface area contributed by atoms with Gasteiger partial charge in [-0.2, -0.15) is 13.2 Å². The maximum Gasteiger partial charge on any atom is 0.419 e. The van der Waals surface area contributed by atoms with Crippen LogP contribution >= 0.6 is 0 Å². The number of ether oxygens (including phenoxy) is 1. The first-order valence-electron chi connectivity index (χ1n) is 9.37. The van der Waals surface area contributed by atoms with Crippen molar-refractivity contribution < 1.29 is 22.7 Å². The maximum absolute atomic E-state index is 13.0. The number of morpholine rings is 1. The van der Waals surface area contributed by atoms with E-state index >= 15 is 0 Å². The lowest BCUT2D eigenvalue weighted by molar-refractivity contribution is -0.137. The molecular weight excluding hydrogens is 385 g/mol. The van der Waals surface area contributed by atoms with Crippen molar-refractivity contribution in [2.45, 2.75) is 12.7 Å². The molecule has 1 aliphatic heterocycles. The molecule has 0 bridgehead atoms. The molecule has 29 heavy (non-hydrogen) atoms. The summed E-state index contributed by atoms with van der Waals surface area (Å²) in [5, 5.41) is 5.34. The summed E-state index contributed by atoms with van der Waals surface area (Å²) in [6.45, 7) is 4.16. The second-order valence-corrected chi connectivity index (χ2v) is 6.67. The molecule has 0 radical (unpaired) electrons. The van der Waals surface area contributed by atoms with Crippen LogP contribution < -0.4 is 10.6 Å². The van der Waals surface area contributed by atoms with E-state index in [1.807, 2.05) is 18.2 Å². The van der Waals surface area contributed by atoms with E-state index in [1.54, 1.807) is 6.07 Å². The van der Waals surface area contributed by atoms with Crippen LogP contribution in [0.4, 0.5) is 19.0 Å². The van der Waals surface area contributed by atoms with Crippen LogP contribution in [-0.4, -0.2) is 55.2 Å². The van der Waals surface area contributed by atoms with Gasteiger partial charge in [-0.05, 0) is 29.8 Å². The van der Waals surface area contributed by atoms with Gasteiger partial charge in [0, 0.05) is 44.5 Å². The molecule has 2 N–H and O–H groups in total. The number of benzene rings is 1. The van der Waals surface area contributed by atoms with Gasteiger partial charge in [-0.3, -0.25) is 9.69 Å². The number of pyridine rings is 1. The molecule has 0 unspecified atom stereocenters. The van der Waals surface area contributed by atoms with Gasteiger partial charge in [0.1, 0.15) is 5.82 Å². The summed E-state index contributed by atoms with van der Waals surface area (Å²) in [6.07, 6.45) is -3.20. The molecule has 2 heterocycles. The molecule has 0 spiro atoms. The topological polar surface area (TPSA) is 66.5 Å². The Morgan fingerprint density at radius 3 is 2.69 bits per heavy atom. The minimum Gasteiger partial charge on any atom is -0.379 e. The zero-order valence-electron chi connectivity index (χ0n) is 15.8. The predicted octanol–water partition coefficient (Wildman–Crippen LogP) is 2.77. The summed E-state index contributed by atoms with van der Waals surface area (Å²) >= 11 is 0. The van der Waals surface area contributed by atoms with Gasteiger partial charge in [-0.1, -0.05) is 12.1 Å². The normalized spacial score (nSPS) is 15.1. The van der Waals surface area contributed by atoms with Crippen LogP contribution in [0.15, 0.2) is 42.6 Å². The number of halogens is 3. The number of hydrogen-bond acceptors (Lipinski definition) is 5. The van der Waals surface area contributed by atoms with Crippen molar-refractivity contribution in [2.75, 3.05) is 44.7 Å². The standard InChI is InChI=1S/C20H23F3N4O2/c21-20(22,23)17-5-2-6-24-18(17)25-7-8-26-19(28)16-4-1-3-15(13-16)14-27-9-11-29-12-10-27/h1-6,13H,7-12,14H2,(H,24,25)(H,26,28). The molecular formula is C20H23F3N4O2. The number of amides is 1. The molecule has 2 aromatic rings. The fourth-order valence-corrected chi connectivity index (χ4v) is 3.06. The molecule has 156 valence electrons. The summed E-state index contributed by atoms with van der Waals surface area (Å²) in [5.41, 5.74) is 0.715. The number of carbonyl (C=O) groups excluding carboxylic acids is 1. The van der Waals surface area contributed by atoms with E-state index in [1.165, 1.54) is 12.3 Å². The summed E-state index contributed by atoms with van der Waals surface area (Å²) in [7, 11) is 0. The van der Waals surface area contributed by atoms with Crippen molar-refractivity contribution in [3.8, 4) is 0 Å². The predicted molar refractivity (Wildman–Crippen MR) is 103 cm³/mol. The van der Waals surface area contributed by atoms with Crippen LogP contribution in [0.1, 0.15) is 21.5 Å². The van der Waals surface area contributed by atoms with Crippen molar-refractivity contribution in [1.29, 1.82) is 0 Å². The Kier molecular flexibility index (Phi) is 7.05. The van der Waals surface area contributed by atoms with Gasteiger partial charge in [0.2, 0.25) is 0 Å². The fourth-order valence-electron chi connectivity index (χ4n) is 3.06. The summed E-state index contributed by atoms with van der Waals surface area (Å²) in [5.74, 6) is -0.519. The molecule has 9 heteroatoms. The third-order valence-corrected chi connectivity index (χ3v) is 4.52. The van der Waals surface area contributed by atoms with Crippen molar-refractivity contribution in [1.82, 2.24) is 15.2 Å². The highest BCUT2D eigenvalue weighted by Gasteiger charge is 2.33. The van der Waals surface area contributed by atoms with Crippen LogP contribution in [0, 0.1) is 0 Å². The molecule has 1 amide bonds. The van der Waals surface area contributed by atoms with Crippen LogP contribution in [0.5, 0.6) is 0 Å². The molecule has 6 nitrogen and oxygen atoms in total. The molecule has 1 aromatic heterocycles. The first-order valence-corrected chi connectivity index (χ1v) is 9.37. The highest BCUT2D eigenvalue weighted by molar-refractivity contribution is 5.94. The van der Waals surface area contributed by atoms with E-state index in [0.29, 0.717) is 18.8 Å². The second kappa shape index (κ2) is 9.71. The number of nitrogens with one attached hydrogen (secondary N) is 2. The quantitative estimate of drug-likeness (QED) is 0.690. The van der Waals surface area contributed by atoms with Crippen LogP contribution in [0.2, 0.25) is 0 Å². The Morgan fingerprint density at radius 1 is 1.14 bits per heavy atom. The largest absolute Gasteiger partial charge is 0.419 e. The fraction of sp³-hybridized carbons (Fsp3) is 0.400. The number of hydrogen-bond donors (Lipinski definition) is 2. The number of alkyl halides is 3. The Balaban J connectivity index is 1.49. The molecule has 3 rings (SSSR count). The van der Waals surface area contributed by atoms with Gasteiger partial charge in [-0.15, -0.1) is 0 Å². The van der Waals surface area contributed by atoms with Crippen LogP contribution in [-0.2, 0) is 17.5 Å². The van der Waals surface area contributed by atoms with E-state index in [2.05, 4.69) is 20.5 Å². The van der Waals surface area contributed by atoms with Crippen molar-refractivity contribution in [3.05, 3.63) is 59.3 Å². The van der Waals surface area contributed by atoms with E-state index in [0.717, 1.165) is 31.3 Å². The van der Waals surface area contributed by atoms with Gasteiger partial charge < -0.3 is 15.4 Å². The molecule has 1 fully saturated rings. The number of rotatable bonds is 7. The first-order chi connectivity index (χ1) is 13.9. The highest BCUT2D eigenvalue weighted by Crippen LogP contribution is 2.33. The third kappa shape index (κ3) is 6.16. The number of anilines is 1. The number of nitrogens with zero attached hydrogens (tertiary/aromatic N) is 2. The third-order valence-electron chi connectivity index (χ3n) is 4.52. The first kappa shape index (κ1) is 21.1. The van der Waals surface area contributed by atoms with Gasteiger partial charge >= 0.3 is 6.18 Å². The monoisotopic (exact) mass is 408 g/mol. The average molecular weight is 408 g/mol. The second-order valence-electron chi connectivity index (χ2n) is 6.67. The molecule has 1 aromatic carbocycles. The molecule has 0 saturated carbocycles. The molecule has 1 aliphatic rings. The molecule has 0 atom stereocenters. The number of aromatic nitrogens is 1. The van der Waals surface area contributed by atoms with Crippen LogP contribution in [0.3, 0.4) is 0 Å². The van der Waals surface area contributed by atoms with Crippen LogP contribution in [0.25, 0.3) is 0 Å². The summed E-state index contributed by atoms with van der Waals surface area (Å²) in [4.78, 5) is 18.3. The maximum atomic E-state index is 13.0. The minimum absolute atomic E-state index is 0.124. The van der Waals surface area contributed by atoms with Crippen molar-refractivity contribution >= 4 is 11.7 Å². The van der Waals surface area contributed by atoms with Crippen molar-refractivity contribution in [2.24, 2.45) is 0 Å². The lowest BCUT2D eigenvalue weighted by Gasteiger charge is -2.26. The lowest BCUT2D eigenvalue weighted by Crippen LogP contribution is -2.35. The summed E-state index contributed by atoms with van der Waals surface area (Å²) in [6, 6.07) is 9.54. The van der Waals surface area contributed by atoms with E-state index < -0.39 is 11.7 Å². The Labute approximate surface area is 167 Å². The Hall–Kier alpha value is -2.65. The smallest absolute Gasteiger partial charge is 0.379 e. The van der Waals surface area contributed by atoms with E-state index in [9.17, 15) is 18.0 Å². The zero-order valence-corrected chi connectivity index (χ0v) is 15.8.